The van der Waals surface area contributed by atoms with E-state index in [0.717, 1.165) is 0 Å². The lowest BCUT2D eigenvalue weighted by atomic mass is 10.3. The average molecular weight is 150 g/mol. The summed E-state index contributed by atoms with van der Waals surface area (Å²) in [4.78, 5) is 10.3. The molecule has 0 bridgehead atoms. The van der Waals surface area contributed by atoms with Gasteiger partial charge < -0.3 is 16.2 Å². The second kappa shape index (κ2) is 8.39. The van der Waals surface area contributed by atoms with Crippen molar-refractivity contribution in [3.8, 4) is 0 Å². The van der Waals surface area contributed by atoms with Crippen molar-refractivity contribution in [1.29, 1.82) is 0 Å². The van der Waals surface area contributed by atoms with E-state index in [4.69, 9.17) is 10.8 Å². The Balaban J connectivity index is -0.000000196. The first kappa shape index (κ1) is 12.1. The monoisotopic (exact) mass is 150 g/mol. The molecule has 0 fully saturated rings. The Morgan fingerprint density at radius 3 is 2.30 bits per heavy atom. The van der Waals surface area contributed by atoms with Gasteiger partial charge in [-0.25, -0.2) is 0 Å². The largest absolute Gasteiger partial charge is 0.394 e. The molecule has 4 heteroatoms. The molecule has 4 nitrogen and oxygen atoms in total. The highest BCUT2D eigenvalue weighted by atomic mass is 16.3. The predicted molar refractivity (Wildman–Crippen MR) is 42.6 cm³/mol. The Labute approximate surface area is 62.9 Å². The molecule has 10 heavy (non-hydrogen) atoms. The number of aliphatic hydroxyl groups excluding tert-OH is 1. The van der Waals surface area contributed by atoms with Crippen LogP contribution in [0, 0.1) is 0 Å². The first-order valence-electron chi connectivity index (χ1n) is 3.30. The van der Waals surface area contributed by atoms with Crippen LogP contribution in [0.5, 0.6) is 0 Å². The predicted octanol–water partition coefficient (Wildman–Crippen LogP) is -0.676. The van der Waals surface area contributed by atoms with Crippen molar-refractivity contribution in [2.24, 2.45) is 5.73 Å². The van der Waals surface area contributed by atoms with E-state index in [9.17, 15) is 4.79 Å². The molecule has 0 aliphatic rings. The Hall–Kier alpha value is -0.610. The van der Waals surface area contributed by atoms with E-state index in [1.807, 2.05) is 13.8 Å². The minimum Gasteiger partial charge on any atom is -0.394 e. The van der Waals surface area contributed by atoms with Gasteiger partial charge in [-0.15, -0.1) is 0 Å². The van der Waals surface area contributed by atoms with Crippen LogP contribution in [-0.4, -0.2) is 30.7 Å². The number of hydrogen-bond donors (Lipinski definition) is 3. The van der Waals surface area contributed by atoms with Gasteiger partial charge in [0.1, 0.15) is 6.04 Å². The van der Waals surface area contributed by atoms with E-state index in [2.05, 4.69) is 5.32 Å². The third kappa shape index (κ3) is 5.53. The van der Waals surface area contributed by atoms with Crippen molar-refractivity contribution in [2.75, 3.05) is 13.7 Å². The molecule has 4 N–H and O–H groups in total. The Bertz CT molecular complexity index is 90.7. The fourth-order valence-corrected chi connectivity index (χ4v) is 0.268. The molecule has 0 aromatic carbocycles. The molecular weight excluding hydrogens is 132 g/mol. The third-order valence-corrected chi connectivity index (χ3v) is 0.780. The second-order valence-electron chi connectivity index (χ2n) is 1.40. The summed E-state index contributed by atoms with van der Waals surface area (Å²) in [5, 5.41) is 10.5. The van der Waals surface area contributed by atoms with Crippen LogP contribution < -0.4 is 11.1 Å². The number of amides is 1. The van der Waals surface area contributed by atoms with E-state index in [0.29, 0.717) is 0 Å². The van der Waals surface area contributed by atoms with Gasteiger partial charge in [-0.1, -0.05) is 13.8 Å². The maximum atomic E-state index is 10.3. The van der Waals surface area contributed by atoms with Gasteiger partial charge in [0, 0.05) is 8.47 Å². The van der Waals surface area contributed by atoms with Crippen LogP contribution in [-0.2, 0) is 4.79 Å². The zero-order valence-electron chi connectivity index (χ0n) is 6.72. The van der Waals surface area contributed by atoms with Gasteiger partial charge in [0.05, 0.1) is 6.61 Å². The fraction of sp³-hybridized carbons (Fsp3) is 0.833. The second-order valence-corrected chi connectivity index (χ2v) is 1.40. The lowest BCUT2D eigenvalue weighted by Gasteiger charge is -2.03. The molecule has 64 valence electrons. The summed E-state index contributed by atoms with van der Waals surface area (Å²) in [7, 11) is 1.47. The summed E-state index contributed by atoms with van der Waals surface area (Å²) in [6.07, 6.45) is 0. The summed E-state index contributed by atoms with van der Waals surface area (Å²) in [6, 6.07) is -0.778. The topological polar surface area (TPSA) is 75.4 Å². The van der Waals surface area contributed by atoms with Crippen molar-refractivity contribution in [1.82, 2.24) is 5.32 Å². The minimum atomic E-state index is -0.778. The molecule has 0 aliphatic heterocycles. The highest BCUT2D eigenvalue weighted by Crippen LogP contribution is 1.71. The van der Waals surface area contributed by atoms with Gasteiger partial charge in [-0.2, -0.15) is 0 Å². The summed E-state index contributed by atoms with van der Waals surface area (Å²) in [5.41, 5.74) is 5.06. The number of hydrogen-bond acceptors (Lipinski definition) is 3. The van der Waals surface area contributed by atoms with E-state index >= 15 is 0 Å². The van der Waals surface area contributed by atoms with Crippen LogP contribution in [0.25, 0.3) is 0 Å². The van der Waals surface area contributed by atoms with E-state index in [1.54, 1.807) is 0 Å². The Morgan fingerprint density at radius 1 is 1.80 bits per heavy atom. The summed E-state index contributed by atoms with van der Waals surface area (Å²) in [6.45, 7) is 3.69. The van der Waals surface area contributed by atoms with Gasteiger partial charge in [0.15, 0.2) is 0 Å². The summed E-state index contributed by atoms with van der Waals surface area (Å²) in [5.74, 6) is -0.340. The van der Waals surface area contributed by atoms with Crippen LogP contribution >= 0.6 is 0 Å². The highest BCUT2D eigenvalue weighted by Gasteiger charge is 2.07. The van der Waals surface area contributed by atoms with Gasteiger partial charge in [-0.05, 0) is 0 Å². The Morgan fingerprint density at radius 2 is 2.20 bits per heavy atom. The smallest absolute Gasteiger partial charge is 0.239 e. The molecule has 0 aromatic rings. The molecule has 0 rings (SSSR count). The standard InChI is InChI=1S/C4H10N2O2.C2H6.H2/c1-6-4(8)3(5)2-7;1-2;/h3,7H,2,5H2,1H3,(H,6,8);1-2H3;1H. The van der Waals surface area contributed by atoms with Crippen molar-refractivity contribution in [2.45, 2.75) is 19.9 Å². The highest BCUT2D eigenvalue weighted by molar-refractivity contribution is 5.81. The summed E-state index contributed by atoms with van der Waals surface area (Å²) >= 11 is 0. The zero-order chi connectivity index (χ0) is 8.57. The van der Waals surface area contributed by atoms with Gasteiger partial charge in [-0.3, -0.25) is 4.79 Å². The van der Waals surface area contributed by atoms with E-state index in [1.165, 1.54) is 7.05 Å². The molecule has 0 saturated carbocycles. The first-order chi connectivity index (χ1) is 4.72. The van der Waals surface area contributed by atoms with E-state index < -0.39 is 6.04 Å². The lowest BCUT2D eigenvalue weighted by molar-refractivity contribution is -0.122. The average Bonchev–Trinajstić information content (AvgIpc) is 2.05. The number of nitrogens with two attached hydrogens (primary N) is 1. The Kier molecular flexibility index (Phi) is 10.2. The van der Waals surface area contributed by atoms with Crippen LogP contribution in [0.3, 0.4) is 0 Å². The molecule has 0 aliphatic carbocycles. The van der Waals surface area contributed by atoms with Crippen molar-refractivity contribution < 1.29 is 11.3 Å². The van der Waals surface area contributed by atoms with Crippen molar-refractivity contribution >= 4 is 5.91 Å². The number of carbonyl (C=O) groups excluding carboxylic acids is 1. The normalized spacial score (nSPS) is 10.9. The molecule has 0 spiro atoms. The number of nitrogens with one attached hydrogen (secondary N) is 1. The zero-order valence-corrected chi connectivity index (χ0v) is 6.72. The molecule has 1 atom stereocenters. The third-order valence-electron chi connectivity index (χ3n) is 0.780. The SMILES string of the molecule is CC.CNC(=O)C(N)CO.[HH]. The molecule has 0 heterocycles. The number of rotatable bonds is 2. The van der Waals surface area contributed by atoms with Gasteiger partial charge in [0.25, 0.3) is 0 Å². The first-order valence-corrected chi connectivity index (χ1v) is 3.30. The number of likely N-dealkylation sites (N-methyl/N-ethyl adjacent to an activating group) is 1. The van der Waals surface area contributed by atoms with E-state index in [-0.39, 0.29) is 13.9 Å². The van der Waals surface area contributed by atoms with Crippen LogP contribution in [0.2, 0.25) is 0 Å². The number of carbonyl (C=O) groups is 1. The minimum absolute atomic E-state index is 0. The van der Waals surface area contributed by atoms with Gasteiger partial charge >= 0.3 is 0 Å². The van der Waals surface area contributed by atoms with Crippen LogP contribution in [0.4, 0.5) is 0 Å². The molecule has 0 radical (unpaired) electrons. The number of aliphatic hydroxyl groups is 1. The lowest BCUT2D eigenvalue weighted by Crippen LogP contribution is -2.41. The quantitative estimate of drug-likeness (QED) is 0.488. The maximum absolute atomic E-state index is 10.3. The molecule has 1 unspecified atom stereocenters. The van der Waals surface area contributed by atoms with Crippen molar-refractivity contribution in [3.63, 3.8) is 0 Å². The van der Waals surface area contributed by atoms with Crippen molar-refractivity contribution in [3.05, 3.63) is 0 Å². The van der Waals surface area contributed by atoms with Crippen LogP contribution in [0.1, 0.15) is 15.3 Å². The van der Waals surface area contributed by atoms with Crippen LogP contribution in [0.15, 0.2) is 0 Å². The fourth-order valence-electron chi connectivity index (χ4n) is 0.268. The molecule has 1 amide bonds. The molecular formula is C6H18N2O2. The molecule has 0 saturated heterocycles. The summed E-state index contributed by atoms with van der Waals surface area (Å²) < 4.78 is 0. The molecule has 0 aromatic heterocycles. The van der Waals surface area contributed by atoms with Gasteiger partial charge in [0.2, 0.25) is 5.91 Å². The maximum Gasteiger partial charge on any atom is 0.239 e.